The third kappa shape index (κ3) is 4.66. The number of anilines is 1. The van der Waals surface area contributed by atoms with Gasteiger partial charge in [-0.25, -0.2) is 0 Å². The number of rotatable bonds is 8. The number of aryl methyl sites for hydroxylation is 3. The number of hydrogen-bond donors (Lipinski definition) is 0. The van der Waals surface area contributed by atoms with Crippen molar-refractivity contribution in [3.05, 3.63) is 79.6 Å². The van der Waals surface area contributed by atoms with Gasteiger partial charge in [0.15, 0.2) is 5.43 Å². The molecule has 0 aliphatic carbocycles. The molecule has 7 nitrogen and oxygen atoms in total. The highest BCUT2D eigenvalue weighted by atomic mass is 32.1. The van der Waals surface area contributed by atoms with Crippen LogP contribution in [-0.4, -0.2) is 22.7 Å². The maximum atomic E-state index is 13.9. The van der Waals surface area contributed by atoms with Crippen LogP contribution in [0.15, 0.2) is 45.6 Å². The molecule has 0 saturated carbocycles. The first kappa shape index (κ1) is 25.1. The van der Waals surface area contributed by atoms with E-state index in [1.54, 1.807) is 4.90 Å². The van der Waals surface area contributed by atoms with Gasteiger partial charge in [-0.3, -0.25) is 14.5 Å². The molecule has 1 aliphatic rings. The Kier molecular flexibility index (Phi) is 6.86. The van der Waals surface area contributed by atoms with Gasteiger partial charge in [0.05, 0.1) is 23.6 Å². The van der Waals surface area contributed by atoms with Crippen molar-refractivity contribution in [3.63, 3.8) is 0 Å². The van der Waals surface area contributed by atoms with E-state index in [0.29, 0.717) is 39.9 Å². The van der Waals surface area contributed by atoms with E-state index in [-0.39, 0.29) is 17.1 Å². The van der Waals surface area contributed by atoms with Crippen LogP contribution in [0.1, 0.15) is 77.5 Å². The molecule has 0 saturated heterocycles. The number of aromatic nitrogens is 2. The Bertz CT molecular complexity index is 1540. The van der Waals surface area contributed by atoms with Crippen molar-refractivity contribution in [2.24, 2.45) is 5.92 Å². The SMILES string of the molecule is CCCc1nnc(N2C(=O)c3oc4cc(C)c(C)cc4c(=O)c3C2c2cccc(OCCC(C)C)c2)s1. The van der Waals surface area contributed by atoms with Crippen LogP contribution in [0.5, 0.6) is 5.75 Å². The van der Waals surface area contributed by atoms with Crippen molar-refractivity contribution < 1.29 is 13.9 Å². The third-order valence-electron chi connectivity index (χ3n) is 6.75. The van der Waals surface area contributed by atoms with Crippen molar-refractivity contribution in [2.75, 3.05) is 11.5 Å². The highest BCUT2D eigenvalue weighted by molar-refractivity contribution is 7.15. The van der Waals surface area contributed by atoms with E-state index in [1.807, 2.05) is 50.2 Å². The minimum absolute atomic E-state index is 0.0594. The second-order valence-electron chi connectivity index (χ2n) is 10.0. The van der Waals surface area contributed by atoms with E-state index in [9.17, 15) is 9.59 Å². The Balaban J connectivity index is 1.67. The third-order valence-corrected chi connectivity index (χ3v) is 7.73. The minimum Gasteiger partial charge on any atom is -0.494 e. The van der Waals surface area contributed by atoms with Gasteiger partial charge in [0, 0.05) is 6.42 Å². The molecule has 1 atom stereocenters. The topological polar surface area (TPSA) is 85.5 Å². The van der Waals surface area contributed by atoms with Gasteiger partial charge in [-0.2, -0.15) is 0 Å². The molecular formula is C29H31N3O4S. The predicted octanol–water partition coefficient (Wildman–Crippen LogP) is 6.39. The summed E-state index contributed by atoms with van der Waals surface area (Å²) in [5.41, 5.74) is 3.28. The molecule has 1 aliphatic heterocycles. The van der Waals surface area contributed by atoms with E-state index in [4.69, 9.17) is 9.15 Å². The van der Waals surface area contributed by atoms with Crippen LogP contribution in [0.3, 0.4) is 0 Å². The lowest BCUT2D eigenvalue weighted by Gasteiger charge is -2.22. The van der Waals surface area contributed by atoms with Crippen molar-refractivity contribution >= 4 is 33.3 Å². The van der Waals surface area contributed by atoms with Gasteiger partial charge in [0.25, 0.3) is 5.91 Å². The van der Waals surface area contributed by atoms with Gasteiger partial charge >= 0.3 is 0 Å². The first-order valence-electron chi connectivity index (χ1n) is 12.7. The molecule has 1 amide bonds. The van der Waals surface area contributed by atoms with Crippen LogP contribution in [0, 0.1) is 19.8 Å². The van der Waals surface area contributed by atoms with Gasteiger partial charge < -0.3 is 9.15 Å². The molecule has 0 N–H and O–H groups in total. The molecule has 2 aromatic heterocycles. The summed E-state index contributed by atoms with van der Waals surface area (Å²) < 4.78 is 12.2. The lowest BCUT2D eigenvalue weighted by atomic mass is 9.97. The number of hydrogen-bond acceptors (Lipinski definition) is 7. The number of amides is 1. The predicted molar refractivity (Wildman–Crippen MR) is 146 cm³/mol. The standard InChI is InChI=1S/C29H31N3O4S/c1-6-8-23-30-31-29(37-23)32-25(19-9-7-10-20(15-19)35-12-11-16(2)3)24-26(33)21-13-17(4)18(5)14-22(21)36-27(24)28(32)34/h7,9-10,13-16,25H,6,8,11-12H2,1-5H3. The zero-order valence-electron chi connectivity index (χ0n) is 21.8. The Morgan fingerprint density at radius 2 is 1.89 bits per heavy atom. The molecule has 0 radical (unpaired) electrons. The van der Waals surface area contributed by atoms with Crippen LogP contribution in [0.2, 0.25) is 0 Å². The summed E-state index contributed by atoms with van der Waals surface area (Å²) in [4.78, 5) is 29.3. The summed E-state index contributed by atoms with van der Waals surface area (Å²) >= 11 is 1.37. The van der Waals surface area contributed by atoms with Gasteiger partial charge in [0.2, 0.25) is 10.9 Å². The second-order valence-corrected chi connectivity index (χ2v) is 11.1. The number of benzene rings is 2. The number of fused-ring (bicyclic) bond motifs is 2. The molecule has 8 heteroatoms. The van der Waals surface area contributed by atoms with E-state index < -0.39 is 6.04 Å². The number of ether oxygens (including phenoxy) is 1. The lowest BCUT2D eigenvalue weighted by molar-refractivity contribution is 0.0970. The molecule has 192 valence electrons. The zero-order valence-corrected chi connectivity index (χ0v) is 22.6. The fourth-order valence-corrected chi connectivity index (χ4v) is 5.55. The summed E-state index contributed by atoms with van der Waals surface area (Å²) in [5.74, 6) is 0.893. The van der Waals surface area contributed by atoms with Crippen molar-refractivity contribution in [1.29, 1.82) is 0 Å². The van der Waals surface area contributed by atoms with E-state index in [1.165, 1.54) is 11.3 Å². The summed E-state index contributed by atoms with van der Waals surface area (Å²) in [6.45, 7) is 10.9. The zero-order chi connectivity index (χ0) is 26.3. The van der Waals surface area contributed by atoms with Gasteiger partial charge in [0.1, 0.15) is 16.3 Å². The van der Waals surface area contributed by atoms with E-state index in [0.717, 1.165) is 41.0 Å². The average molecular weight is 518 g/mol. The second kappa shape index (κ2) is 10.1. The largest absolute Gasteiger partial charge is 0.494 e. The molecule has 0 bridgehead atoms. The normalized spacial score (nSPS) is 15.1. The van der Waals surface area contributed by atoms with Gasteiger partial charge in [-0.1, -0.05) is 44.2 Å². The molecular weight excluding hydrogens is 486 g/mol. The summed E-state index contributed by atoms with van der Waals surface area (Å²) in [5, 5.41) is 10.4. The maximum Gasteiger partial charge on any atom is 0.297 e. The van der Waals surface area contributed by atoms with Gasteiger partial charge in [-0.05, 0) is 73.6 Å². The molecule has 1 unspecified atom stereocenters. The van der Waals surface area contributed by atoms with Crippen LogP contribution in [0.4, 0.5) is 5.13 Å². The Morgan fingerprint density at radius 1 is 1.11 bits per heavy atom. The quantitative estimate of drug-likeness (QED) is 0.269. The lowest BCUT2D eigenvalue weighted by Crippen LogP contribution is -2.29. The Labute approximate surface area is 220 Å². The van der Waals surface area contributed by atoms with Gasteiger partial charge in [-0.15, -0.1) is 10.2 Å². The minimum atomic E-state index is -0.694. The molecule has 37 heavy (non-hydrogen) atoms. The molecule has 0 spiro atoms. The molecule has 5 rings (SSSR count). The molecule has 3 heterocycles. The first-order valence-corrected chi connectivity index (χ1v) is 13.6. The Hall–Kier alpha value is -3.52. The van der Waals surface area contributed by atoms with Crippen LogP contribution in [0.25, 0.3) is 11.0 Å². The van der Waals surface area contributed by atoms with E-state index in [2.05, 4.69) is 31.0 Å². The fourth-order valence-electron chi connectivity index (χ4n) is 4.58. The fraction of sp³-hybridized carbons (Fsp3) is 0.379. The highest BCUT2D eigenvalue weighted by Gasteiger charge is 2.45. The Morgan fingerprint density at radius 3 is 2.65 bits per heavy atom. The van der Waals surface area contributed by atoms with Crippen molar-refractivity contribution in [2.45, 2.75) is 59.9 Å². The van der Waals surface area contributed by atoms with Crippen LogP contribution >= 0.6 is 11.3 Å². The monoisotopic (exact) mass is 517 g/mol. The van der Waals surface area contributed by atoms with Crippen LogP contribution < -0.4 is 15.1 Å². The summed E-state index contributed by atoms with van der Waals surface area (Å²) in [6.07, 6.45) is 2.63. The smallest absolute Gasteiger partial charge is 0.297 e. The first-order chi connectivity index (χ1) is 17.8. The van der Waals surface area contributed by atoms with Crippen LogP contribution in [-0.2, 0) is 6.42 Å². The molecule has 4 aromatic rings. The highest BCUT2D eigenvalue weighted by Crippen LogP contribution is 2.43. The number of carbonyl (C=O) groups is 1. The number of carbonyl (C=O) groups excluding carboxylic acids is 1. The molecule has 2 aromatic carbocycles. The van der Waals surface area contributed by atoms with E-state index >= 15 is 0 Å². The molecule has 0 fully saturated rings. The number of nitrogens with zero attached hydrogens (tertiary/aromatic N) is 3. The van der Waals surface area contributed by atoms with Crippen molar-refractivity contribution in [3.8, 4) is 5.75 Å². The van der Waals surface area contributed by atoms with Crippen molar-refractivity contribution in [1.82, 2.24) is 10.2 Å². The maximum absolute atomic E-state index is 13.9. The summed E-state index contributed by atoms with van der Waals surface area (Å²) in [7, 11) is 0. The average Bonchev–Trinajstić information content (AvgIpc) is 3.43. The summed E-state index contributed by atoms with van der Waals surface area (Å²) in [6, 6.07) is 10.6.